The minimum absolute atomic E-state index is 1.04. The van der Waals surface area contributed by atoms with Gasteiger partial charge in [-0.2, -0.15) is 0 Å². The molecule has 0 radical (unpaired) electrons. The number of nitrogens with zero attached hydrogens (tertiary/aromatic N) is 2. The Morgan fingerprint density at radius 2 is 1.05 bits per heavy atom. The van der Waals surface area contributed by atoms with Crippen LogP contribution in [0.25, 0.3) is 0 Å². The van der Waals surface area contributed by atoms with Gasteiger partial charge < -0.3 is 0 Å². The van der Waals surface area contributed by atoms with Crippen molar-refractivity contribution in [2.24, 2.45) is 0 Å². The smallest absolute Gasteiger partial charge is 0.169 e. The Kier molecular flexibility index (Phi) is 5.08. The highest BCUT2D eigenvalue weighted by Crippen LogP contribution is 2.06. The summed E-state index contributed by atoms with van der Waals surface area (Å²) in [6.45, 7) is 6.42. The highest BCUT2D eigenvalue weighted by Gasteiger charge is 2.01. The van der Waals surface area contributed by atoms with E-state index in [9.17, 15) is 0 Å². The number of hydrogen-bond donors (Lipinski definition) is 0. The van der Waals surface area contributed by atoms with Gasteiger partial charge in [0.15, 0.2) is 24.8 Å². The van der Waals surface area contributed by atoms with Crippen molar-refractivity contribution in [1.82, 2.24) is 0 Å². The fraction of sp³-hybridized carbons (Fsp3) is 0.412. The molecule has 0 unspecified atom stereocenters. The molecule has 0 fully saturated rings. The largest absolute Gasteiger partial charge is 0.205 e. The zero-order chi connectivity index (χ0) is 13.5. The van der Waals surface area contributed by atoms with Crippen molar-refractivity contribution in [3.8, 4) is 0 Å². The van der Waals surface area contributed by atoms with Crippen molar-refractivity contribution in [2.75, 3.05) is 0 Å². The lowest BCUT2D eigenvalue weighted by Crippen LogP contribution is -2.30. The van der Waals surface area contributed by atoms with Crippen LogP contribution in [0, 0.1) is 0 Å². The Labute approximate surface area is 116 Å². The number of hydrogen-bond acceptors (Lipinski definition) is 0. The molecule has 0 saturated heterocycles. The molecule has 2 heterocycles. The van der Waals surface area contributed by atoms with E-state index in [0.717, 1.165) is 25.9 Å². The molecule has 2 rings (SSSR count). The van der Waals surface area contributed by atoms with Gasteiger partial charge in [0, 0.05) is 24.3 Å². The Morgan fingerprint density at radius 3 is 1.37 bits per heavy atom. The third-order valence-corrected chi connectivity index (χ3v) is 3.58. The van der Waals surface area contributed by atoms with Crippen LogP contribution in [0.15, 0.2) is 49.1 Å². The molecule has 2 aromatic heterocycles. The van der Waals surface area contributed by atoms with Crippen LogP contribution < -0.4 is 9.13 Å². The molecule has 0 aromatic carbocycles. The summed E-state index contributed by atoms with van der Waals surface area (Å²) in [5.74, 6) is 0. The van der Waals surface area contributed by atoms with Gasteiger partial charge in [-0.05, 0) is 44.2 Å². The number of aromatic nitrogens is 2. The summed E-state index contributed by atoms with van der Waals surface area (Å²) in [5, 5.41) is 0. The first-order valence-electron chi connectivity index (χ1n) is 7.27. The third-order valence-electron chi connectivity index (χ3n) is 3.58. The highest BCUT2D eigenvalue weighted by molar-refractivity contribution is 5.10. The molecule has 0 saturated carbocycles. The van der Waals surface area contributed by atoms with E-state index >= 15 is 0 Å². The van der Waals surface area contributed by atoms with E-state index in [0.29, 0.717) is 0 Å². The first kappa shape index (κ1) is 13.7. The summed E-state index contributed by atoms with van der Waals surface area (Å²) < 4.78 is 4.40. The molecule has 19 heavy (non-hydrogen) atoms. The van der Waals surface area contributed by atoms with Gasteiger partial charge in [-0.15, -0.1) is 0 Å². The molecule has 0 spiro atoms. The lowest BCUT2D eigenvalue weighted by atomic mass is 10.1. The number of pyridine rings is 2. The normalized spacial score (nSPS) is 10.6. The Bertz CT molecular complexity index is 438. The zero-order valence-corrected chi connectivity index (χ0v) is 12.0. The van der Waals surface area contributed by atoms with Crippen molar-refractivity contribution in [1.29, 1.82) is 0 Å². The summed E-state index contributed by atoms with van der Waals surface area (Å²) in [4.78, 5) is 0. The van der Waals surface area contributed by atoms with Gasteiger partial charge in [0.25, 0.3) is 0 Å². The maximum atomic E-state index is 2.24. The van der Waals surface area contributed by atoms with Crippen molar-refractivity contribution in [3.05, 3.63) is 60.2 Å². The molecule has 0 N–H and O–H groups in total. The molecule has 0 aliphatic heterocycles. The summed E-state index contributed by atoms with van der Waals surface area (Å²) in [7, 11) is 0. The SMILES string of the molecule is CC[n+]1ccc(CCCc2cc[n+](CC)cc2)cc1. The van der Waals surface area contributed by atoms with Gasteiger partial charge in [-0.3, -0.25) is 0 Å². The van der Waals surface area contributed by atoms with Crippen LogP contribution in [-0.4, -0.2) is 0 Å². The monoisotopic (exact) mass is 256 g/mol. The quantitative estimate of drug-likeness (QED) is 0.702. The summed E-state index contributed by atoms with van der Waals surface area (Å²) in [6.07, 6.45) is 12.2. The predicted octanol–water partition coefficient (Wildman–Crippen LogP) is 2.48. The van der Waals surface area contributed by atoms with Crippen LogP contribution in [0.4, 0.5) is 0 Å². The molecule has 0 bridgehead atoms. The van der Waals surface area contributed by atoms with E-state index in [2.05, 4.69) is 72.0 Å². The Morgan fingerprint density at radius 1 is 0.684 bits per heavy atom. The summed E-state index contributed by atoms with van der Waals surface area (Å²) in [5.41, 5.74) is 2.87. The van der Waals surface area contributed by atoms with E-state index < -0.39 is 0 Å². The van der Waals surface area contributed by atoms with E-state index in [-0.39, 0.29) is 0 Å². The zero-order valence-electron chi connectivity index (χ0n) is 12.0. The van der Waals surface area contributed by atoms with E-state index in [4.69, 9.17) is 0 Å². The maximum absolute atomic E-state index is 2.24. The van der Waals surface area contributed by atoms with E-state index in [1.165, 1.54) is 17.5 Å². The standard InChI is InChI=1S/C17H24N2/c1-3-18-12-8-16(9-13-18)6-5-7-17-10-14-19(4-2)15-11-17/h8-15H,3-7H2,1-2H3/q+2. The first-order valence-corrected chi connectivity index (χ1v) is 7.27. The average Bonchev–Trinajstić information content (AvgIpc) is 2.49. The van der Waals surface area contributed by atoms with Crippen LogP contribution >= 0.6 is 0 Å². The first-order chi connectivity index (χ1) is 9.31. The molecule has 2 aromatic rings. The Hall–Kier alpha value is -1.70. The van der Waals surface area contributed by atoms with Crippen molar-refractivity contribution < 1.29 is 9.13 Å². The molecule has 2 nitrogen and oxygen atoms in total. The Balaban J connectivity index is 1.81. The average molecular weight is 256 g/mol. The van der Waals surface area contributed by atoms with Gasteiger partial charge in [0.1, 0.15) is 13.1 Å². The molecular weight excluding hydrogens is 232 g/mol. The highest BCUT2D eigenvalue weighted by atomic mass is 14.9. The summed E-state index contributed by atoms with van der Waals surface area (Å²) in [6, 6.07) is 8.94. The number of rotatable bonds is 6. The van der Waals surface area contributed by atoms with Crippen molar-refractivity contribution >= 4 is 0 Å². The second kappa shape index (κ2) is 7.03. The maximum Gasteiger partial charge on any atom is 0.169 e. The second-order valence-electron chi connectivity index (χ2n) is 4.93. The lowest BCUT2D eigenvalue weighted by Gasteiger charge is -2.01. The van der Waals surface area contributed by atoms with Crippen LogP contribution in [0.1, 0.15) is 31.4 Å². The lowest BCUT2D eigenvalue weighted by molar-refractivity contribution is -0.693. The van der Waals surface area contributed by atoms with Crippen molar-refractivity contribution in [2.45, 2.75) is 46.2 Å². The third kappa shape index (κ3) is 4.16. The van der Waals surface area contributed by atoms with Crippen LogP contribution in [0.2, 0.25) is 0 Å². The molecule has 0 aliphatic carbocycles. The predicted molar refractivity (Wildman–Crippen MR) is 76.6 cm³/mol. The van der Waals surface area contributed by atoms with Gasteiger partial charge in [-0.1, -0.05) is 0 Å². The summed E-state index contributed by atoms with van der Waals surface area (Å²) >= 11 is 0. The van der Waals surface area contributed by atoms with Gasteiger partial charge in [0.05, 0.1) is 0 Å². The van der Waals surface area contributed by atoms with E-state index in [1.807, 2.05) is 0 Å². The molecule has 2 heteroatoms. The minimum Gasteiger partial charge on any atom is -0.205 e. The van der Waals surface area contributed by atoms with Crippen LogP contribution in [0.3, 0.4) is 0 Å². The topological polar surface area (TPSA) is 7.76 Å². The number of aryl methyl sites for hydroxylation is 4. The minimum atomic E-state index is 1.04. The fourth-order valence-electron chi connectivity index (χ4n) is 2.23. The van der Waals surface area contributed by atoms with Crippen LogP contribution in [0.5, 0.6) is 0 Å². The molecule has 0 atom stereocenters. The molecule has 0 amide bonds. The second-order valence-corrected chi connectivity index (χ2v) is 4.93. The van der Waals surface area contributed by atoms with Crippen molar-refractivity contribution in [3.63, 3.8) is 0 Å². The van der Waals surface area contributed by atoms with Gasteiger partial charge in [0.2, 0.25) is 0 Å². The van der Waals surface area contributed by atoms with Gasteiger partial charge in [-0.25, -0.2) is 9.13 Å². The van der Waals surface area contributed by atoms with Crippen LogP contribution in [-0.2, 0) is 25.9 Å². The van der Waals surface area contributed by atoms with E-state index in [1.54, 1.807) is 0 Å². The molecular formula is C17H24N2+2. The molecule has 100 valence electrons. The molecule has 0 aliphatic rings. The van der Waals surface area contributed by atoms with Gasteiger partial charge >= 0.3 is 0 Å². The fourth-order valence-corrected chi connectivity index (χ4v) is 2.23.